The van der Waals surface area contributed by atoms with Gasteiger partial charge in [-0.15, -0.1) is 0 Å². The van der Waals surface area contributed by atoms with E-state index in [1.54, 1.807) is 7.11 Å². The summed E-state index contributed by atoms with van der Waals surface area (Å²) in [7, 11) is 3.73. The van der Waals surface area contributed by atoms with Crippen LogP contribution in [0.2, 0.25) is 0 Å². The predicted molar refractivity (Wildman–Crippen MR) is 244 cm³/mol. The Morgan fingerprint density at radius 2 is 1.59 bits per heavy atom. The van der Waals surface area contributed by atoms with Crippen molar-refractivity contribution in [3.8, 4) is 11.5 Å². The van der Waals surface area contributed by atoms with E-state index in [2.05, 4.69) is 44.4 Å². The van der Waals surface area contributed by atoms with Crippen LogP contribution in [0.4, 0.5) is 0 Å². The molecular formula is C51H59N5O7. The molecule has 0 radical (unpaired) electrons. The molecule has 4 aliphatic rings. The van der Waals surface area contributed by atoms with Gasteiger partial charge in [0, 0.05) is 65.9 Å². The summed E-state index contributed by atoms with van der Waals surface area (Å²) in [6.45, 7) is 2.61. The van der Waals surface area contributed by atoms with E-state index in [0.29, 0.717) is 55.0 Å². The highest BCUT2D eigenvalue weighted by Gasteiger charge is 2.72. The zero-order chi connectivity index (χ0) is 43.6. The lowest BCUT2D eigenvalue weighted by molar-refractivity contribution is -0.161. The first kappa shape index (κ1) is 42.6. The van der Waals surface area contributed by atoms with E-state index in [0.717, 1.165) is 104 Å². The third-order valence-corrected chi connectivity index (χ3v) is 14.2. The molecule has 2 fully saturated rings. The van der Waals surface area contributed by atoms with Crippen molar-refractivity contribution in [1.29, 1.82) is 0 Å². The third-order valence-electron chi connectivity index (χ3n) is 14.2. The minimum absolute atomic E-state index is 0.0141. The number of methoxy groups -OCH3 is 1. The first-order valence-corrected chi connectivity index (χ1v) is 22.9. The largest absolute Gasteiger partial charge is 0.493 e. The van der Waals surface area contributed by atoms with E-state index >= 15 is 0 Å². The van der Waals surface area contributed by atoms with Crippen LogP contribution in [-0.2, 0) is 32.8 Å². The van der Waals surface area contributed by atoms with Gasteiger partial charge >= 0.3 is 0 Å². The van der Waals surface area contributed by atoms with E-state index in [-0.39, 0.29) is 30.2 Å². The van der Waals surface area contributed by atoms with Crippen molar-refractivity contribution in [2.24, 2.45) is 5.16 Å². The number of amides is 2. The molecule has 2 aliphatic heterocycles. The number of aliphatic hydroxyl groups is 1. The normalized spacial score (nSPS) is 22.7. The maximum Gasteiger partial charge on any atom is 0.260 e. The van der Waals surface area contributed by atoms with Crippen molar-refractivity contribution >= 4 is 45.0 Å². The number of unbranched alkanes of at least 4 members (excludes halogenated alkanes) is 5. The van der Waals surface area contributed by atoms with Crippen LogP contribution in [0.25, 0.3) is 21.7 Å². The molecule has 9 rings (SSSR count). The molecular weight excluding hydrogens is 795 g/mol. The highest BCUT2D eigenvalue weighted by molar-refractivity contribution is 6.21. The van der Waals surface area contributed by atoms with Gasteiger partial charge in [-0.25, -0.2) is 0 Å². The second-order valence-electron chi connectivity index (χ2n) is 17.9. The van der Waals surface area contributed by atoms with Gasteiger partial charge in [0.05, 0.1) is 23.8 Å². The smallest absolute Gasteiger partial charge is 0.260 e. The van der Waals surface area contributed by atoms with E-state index in [1.165, 1.54) is 5.56 Å². The SMILES string of the molecule is COc1ccc2c3c1O[C@H]1/C(=N\OCC(=O)NCCCCCCNC(=O)CCCCCn4cc(C(=O)c5cccc6ccccc56)c5ccccc54)CC[C@@]4(O)[C@@H](C2)N(C)CC[C@]314. The summed E-state index contributed by atoms with van der Waals surface area (Å²) < 4.78 is 14.5. The van der Waals surface area contributed by atoms with Crippen LogP contribution in [0, 0.1) is 0 Å². The molecule has 1 saturated carbocycles. The molecule has 2 bridgehead atoms. The third kappa shape index (κ3) is 7.86. The average Bonchev–Trinajstić information content (AvgIpc) is 3.85. The molecule has 2 amide bonds. The van der Waals surface area contributed by atoms with Crippen molar-refractivity contribution in [3.05, 3.63) is 107 Å². The maximum absolute atomic E-state index is 13.8. The van der Waals surface area contributed by atoms with Crippen LogP contribution in [0.5, 0.6) is 11.5 Å². The number of aryl methyl sites for hydroxylation is 1. The van der Waals surface area contributed by atoms with Crippen molar-refractivity contribution in [2.45, 2.75) is 107 Å². The Kier molecular flexibility index (Phi) is 12.3. The van der Waals surface area contributed by atoms with Crippen LogP contribution in [-0.4, -0.2) is 96.0 Å². The van der Waals surface area contributed by atoms with E-state index in [1.807, 2.05) is 72.9 Å². The second-order valence-corrected chi connectivity index (χ2v) is 17.9. The molecule has 3 heterocycles. The number of oxime groups is 1. The summed E-state index contributed by atoms with van der Waals surface area (Å²) in [5, 5.41) is 25.8. The molecule has 3 N–H and O–H groups in total. The van der Waals surface area contributed by atoms with Gasteiger partial charge in [0.2, 0.25) is 5.91 Å². The number of rotatable bonds is 19. The van der Waals surface area contributed by atoms with Gasteiger partial charge in [0.15, 0.2) is 30.0 Å². The number of hydrogen-bond donors (Lipinski definition) is 3. The number of likely N-dealkylation sites (N-methyl/N-ethyl adjacent to an activating group) is 1. The lowest BCUT2D eigenvalue weighted by Gasteiger charge is -2.62. The van der Waals surface area contributed by atoms with Crippen LogP contribution in [0.1, 0.15) is 97.7 Å². The molecule has 1 aromatic heterocycles. The number of fused-ring (bicyclic) bond motifs is 2. The Morgan fingerprint density at radius 3 is 2.41 bits per heavy atom. The summed E-state index contributed by atoms with van der Waals surface area (Å²) in [5.74, 6) is 1.24. The number of piperidine rings is 1. The molecule has 1 spiro atoms. The van der Waals surface area contributed by atoms with Crippen LogP contribution >= 0.6 is 0 Å². The number of ketones is 1. The second kappa shape index (κ2) is 18.2. The number of aromatic nitrogens is 1. The van der Waals surface area contributed by atoms with E-state index in [4.69, 9.17) is 14.3 Å². The van der Waals surface area contributed by atoms with Crippen molar-refractivity contribution < 1.29 is 33.8 Å². The fourth-order valence-corrected chi connectivity index (χ4v) is 11.1. The summed E-state index contributed by atoms with van der Waals surface area (Å²) in [6.07, 6.45) is 10.8. The van der Waals surface area contributed by atoms with E-state index in [9.17, 15) is 19.5 Å². The van der Waals surface area contributed by atoms with Crippen LogP contribution in [0.15, 0.2) is 90.2 Å². The molecule has 0 unspecified atom stereocenters. The van der Waals surface area contributed by atoms with Crippen LogP contribution in [0.3, 0.4) is 0 Å². The predicted octanol–water partition coefficient (Wildman–Crippen LogP) is 7.24. The number of benzene rings is 4. The first-order chi connectivity index (χ1) is 30.7. The summed E-state index contributed by atoms with van der Waals surface area (Å²) in [5.41, 5.74) is 3.84. The fraction of sp³-hybridized carbons (Fsp3) is 0.451. The lowest BCUT2D eigenvalue weighted by Crippen LogP contribution is -2.76. The first-order valence-electron chi connectivity index (χ1n) is 22.9. The molecule has 12 nitrogen and oxygen atoms in total. The Bertz CT molecular complexity index is 2540. The van der Waals surface area contributed by atoms with Crippen molar-refractivity contribution in [2.75, 3.05) is 40.4 Å². The standard InChI is InChI=1S/C51H59N5O7/c1-55-30-26-50-46-35-22-23-42(61-2)48(46)63-49(50)40(24-25-51(50,60)43(55)31-35)54-62-33-45(58)53-28-12-4-3-11-27-52-44(57)21-6-5-13-29-56-32-39(37-18-9-10-20-41(37)56)47(59)38-19-14-16-34-15-7-8-17-36(34)38/h7-10,14-20,22-23,32,43,49,60H,3-6,11-13,21,24-31,33H2,1-2H3,(H,52,57)(H,53,58)/b54-40-/t43-,49+,50+,51-/m1/s1. The molecule has 5 aromatic rings. The number of ether oxygens (including phenoxy) is 2. The fourth-order valence-electron chi connectivity index (χ4n) is 11.1. The number of nitrogens with one attached hydrogen (secondary N) is 2. The van der Waals surface area contributed by atoms with Crippen molar-refractivity contribution in [3.63, 3.8) is 0 Å². The van der Waals surface area contributed by atoms with E-state index < -0.39 is 17.1 Å². The van der Waals surface area contributed by atoms with Gasteiger partial charge in [-0.05, 0) is 93.4 Å². The van der Waals surface area contributed by atoms with Gasteiger partial charge in [0.1, 0.15) is 0 Å². The number of nitrogens with zero attached hydrogens (tertiary/aromatic N) is 3. The number of likely N-dealkylation sites (tertiary alicyclic amines) is 1. The van der Waals surface area contributed by atoms with Gasteiger partial charge in [-0.3, -0.25) is 14.4 Å². The lowest BCUT2D eigenvalue weighted by atomic mass is 9.49. The minimum atomic E-state index is -0.963. The Labute approximate surface area is 368 Å². The topological polar surface area (TPSA) is 144 Å². The molecule has 63 heavy (non-hydrogen) atoms. The van der Waals surface area contributed by atoms with Gasteiger partial charge < -0.3 is 39.5 Å². The molecule has 2 aliphatic carbocycles. The number of carbonyl (C=O) groups is 3. The molecule has 12 heteroatoms. The van der Waals surface area contributed by atoms with Crippen molar-refractivity contribution in [1.82, 2.24) is 20.1 Å². The summed E-state index contributed by atoms with van der Waals surface area (Å²) in [4.78, 5) is 46.9. The quantitative estimate of drug-likeness (QED) is 0.0448. The Morgan fingerprint density at radius 1 is 0.841 bits per heavy atom. The molecule has 330 valence electrons. The monoisotopic (exact) mass is 853 g/mol. The summed E-state index contributed by atoms with van der Waals surface area (Å²) >= 11 is 0. The average molecular weight is 854 g/mol. The molecule has 4 atom stereocenters. The Hall–Kier alpha value is -5.72. The highest BCUT2D eigenvalue weighted by Crippen LogP contribution is 2.64. The zero-order valence-corrected chi connectivity index (χ0v) is 36.5. The van der Waals surface area contributed by atoms with Gasteiger partial charge in [0.25, 0.3) is 5.91 Å². The highest BCUT2D eigenvalue weighted by atomic mass is 16.6. The number of para-hydroxylation sites is 1. The maximum atomic E-state index is 13.8. The van der Waals surface area contributed by atoms with Gasteiger partial charge in [-0.2, -0.15) is 0 Å². The Balaban J connectivity index is 0.651. The minimum Gasteiger partial charge on any atom is -0.493 e. The number of hydrogen-bond acceptors (Lipinski definition) is 9. The van der Waals surface area contributed by atoms with Crippen LogP contribution < -0.4 is 20.1 Å². The number of carbonyl (C=O) groups excluding carboxylic acids is 3. The van der Waals surface area contributed by atoms with Gasteiger partial charge in [-0.1, -0.05) is 91.1 Å². The molecule has 4 aromatic carbocycles. The molecule has 1 saturated heterocycles. The zero-order valence-electron chi connectivity index (χ0n) is 36.5. The summed E-state index contributed by atoms with van der Waals surface area (Å²) in [6, 6.07) is 26.0.